The molecule has 4 aliphatic rings. The summed E-state index contributed by atoms with van der Waals surface area (Å²) in [5, 5.41) is 54.0. The summed E-state index contributed by atoms with van der Waals surface area (Å²) in [6.45, 7) is 3.11. The van der Waals surface area contributed by atoms with Crippen LogP contribution in [-0.4, -0.2) is 99.1 Å². The summed E-state index contributed by atoms with van der Waals surface area (Å²) >= 11 is 0. The van der Waals surface area contributed by atoms with Crippen molar-refractivity contribution in [3.8, 4) is 0 Å². The monoisotopic (exact) mass is 589 g/mol. The van der Waals surface area contributed by atoms with Gasteiger partial charge in [0.25, 0.3) is 0 Å². The van der Waals surface area contributed by atoms with Crippen LogP contribution < -0.4 is 10.6 Å². The van der Waals surface area contributed by atoms with Crippen LogP contribution in [0.15, 0.2) is 36.6 Å². The van der Waals surface area contributed by atoms with Crippen LogP contribution in [-0.2, 0) is 28.5 Å². The van der Waals surface area contributed by atoms with Gasteiger partial charge >= 0.3 is 11.9 Å². The van der Waals surface area contributed by atoms with E-state index in [9.17, 15) is 35.1 Å². The number of aliphatic hydroxyl groups is 4. The second kappa shape index (κ2) is 11.9. The zero-order chi connectivity index (χ0) is 30.2. The number of aromatic nitrogens is 1. The van der Waals surface area contributed by atoms with Gasteiger partial charge in [0, 0.05) is 40.7 Å². The maximum absolute atomic E-state index is 12.8. The zero-order valence-electron chi connectivity index (χ0n) is 23.5. The van der Waals surface area contributed by atoms with Crippen LogP contribution in [0.25, 0.3) is 11.8 Å². The quantitative estimate of drug-likeness (QED) is 0.160. The number of carboxylic acids is 1. The second-order valence-electron chi connectivity index (χ2n) is 11.5. The summed E-state index contributed by atoms with van der Waals surface area (Å²) in [4.78, 5) is 27.7. The molecule has 0 aromatic carbocycles. The Morgan fingerprint density at radius 1 is 1.21 bits per heavy atom. The maximum atomic E-state index is 12.8. The topological polar surface area (TPSA) is 188 Å². The Morgan fingerprint density at radius 3 is 2.57 bits per heavy atom. The van der Waals surface area contributed by atoms with E-state index in [1.54, 1.807) is 30.5 Å². The SMILES string of the molecule is C=CC1C(CC(=O)O)C(C(=O)OC)=CC2(CCCC2)C1OC1OC(CO)C2(C=c3cc[nH]c3=C(CCO)O2)C(O)C1O. The van der Waals surface area contributed by atoms with Crippen LogP contribution in [0, 0.1) is 17.3 Å². The molecule has 0 radical (unpaired) electrons. The molecule has 0 bridgehead atoms. The highest BCUT2D eigenvalue weighted by molar-refractivity contribution is 5.90. The minimum absolute atomic E-state index is 0.120. The van der Waals surface area contributed by atoms with Crippen molar-refractivity contribution >= 4 is 23.8 Å². The van der Waals surface area contributed by atoms with E-state index in [0.717, 1.165) is 12.8 Å². The molecule has 2 aliphatic heterocycles. The normalized spacial score (nSPS) is 35.2. The predicted molar refractivity (Wildman–Crippen MR) is 146 cm³/mol. The fourth-order valence-corrected chi connectivity index (χ4v) is 7.30. The van der Waals surface area contributed by atoms with Crippen molar-refractivity contribution in [1.82, 2.24) is 4.98 Å². The third-order valence-electron chi connectivity index (χ3n) is 9.24. The van der Waals surface area contributed by atoms with Crippen molar-refractivity contribution in [2.75, 3.05) is 20.3 Å². The molecule has 1 saturated heterocycles. The average molecular weight is 590 g/mol. The number of esters is 1. The van der Waals surface area contributed by atoms with Crippen molar-refractivity contribution in [3.05, 3.63) is 47.1 Å². The van der Waals surface area contributed by atoms with Crippen LogP contribution in [0.1, 0.15) is 38.5 Å². The summed E-state index contributed by atoms with van der Waals surface area (Å²) in [6, 6.07) is 1.75. The van der Waals surface area contributed by atoms with Gasteiger partial charge in [-0.05, 0) is 25.0 Å². The highest BCUT2D eigenvalue weighted by Gasteiger charge is 2.60. The Hall–Kier alpha value is -3.00. The minimum Gasteiger partial charge on any atom is -0.481 e. The number of aromatic amines is 1. The molecule has 1 aromatic rings. The molecule has 12 heteroatoms. The van der Waals surface area contributed by atoms with Crippen LogP contribution in [0.3, 0.4) is 0 Å². The van der Waals surface area contributed by atoms with Crippen molar-refractivity contribution in [1.29, 1.82) is 0 Å². The summed E-state index contributed by atoms with van der Waals surface area (Å²) < 4.78 is 23.9. The summed E-state index contributed by atoms with van der Waals surface area (Å²) in [5.41, 5.74) is -2.14. The van der Waals surface area contributed by atoms with Gasteiger partial charge in [0.2, 0.25) is 0 Å². The lowest BCUT2D eigenvalue weighted by Gasteiger charge is -2.53. The van der Waals surface area contributed by atoms with Gasteiger partial charge in [-0.15, -0.1) is 6.58 Å². The van der Waals surface area contributed by atoms with E-state index in [1.165, 1.54) is 7.11 Å². The number of H-pyrrole nitrogens is 1. The van der Waals surface area contributed by atoms with Gasteiger partial charge in [-0.25, -0.2) is 4.79 Å². The number of aliphatic carboxylic acids is 1. The lowest BCUT2D eigenvalue weighted by atomic mass is 9.62. The Balaban J connectivity index is 1.51. The molecule has 42 heavy (non-hydrogen) atoms. The largest absolute Gasteiger partial charge is 0.481 e. The summed E-state index contributed by atoms with van der Waals surface area (Å²) in [7, 11) is 1.25. The number of fused-ring (bicyclic) bond motifs is 1. The lowest BCUT2D eigenvalue weighted by molar-refractivity contribution is -0.335. The molecule has 8 atom stereocenters. The number of aliphatic hydroxyl groups excluding tert-OH is 4. The fourth-order valence-electron chi connectivity index (χ4n) is 7.30. The van der Waals surface area contributed by atoms with E-state index in [2.05, 4.69) is 11.6 Å². The van der Waals surface area contributed by atoms with Crippen LogP contribution in [0.4, 0.5) is 0 Å². The van der Waals surface area contributed by atoms with E-state index in [1.807, 2.05) is 0 Å². The standard InChI is InChI=1S/C30H39NO11/c1-3-17-18(12-22(34)35)19(27(38)39-2)14-29(8-4-5-9-29)26(17)41-28-24(36)25(37)30(21(15-33)40-28)13-16-6-10-31-23(16)20(42-30)7-11-32/h3,6,10,13-14,17-18,21,24-26,28,31-33,36-37H,1,4-5,7-9,11-12,15H2,2H3,(H,34,35). The third kappa shape index (κ3) is 4.99. The highest BCUT2D eigenvalue weighted by atomic mass is 16.7. The number of carboxylic acid groups (broad SMARTS) is 1. The predicted octanol–water partition coefficient (Wildman–Crippen LogP) is -0.554. The van der Waals surface area contributed by atoms with Gasteiger partial charge in [-0.3, -0.25) is 4.79 Å². The Bertz CT molecular complexity index is 1340. The molecule has 5 rings (SSSR count). The van der Waals surface area contributed by atoms with Gasteiger partial charge in [0.1, 0.15) is 24.1 Å². The summed E-state index contributed by atoms with van der Waals surface area (Å²) in [6.07, 6.45) is 2.63. The number of nitrogens with one attached hydrogen (secondary N) is 1. The van der Waals surface area contributed by atoms with Gasteiger partial charge in [0.05, 0.1) is 38.2 Å². The Morgan fingerprint density at radius 2 is 1.95 bits per heavy atom. The molecule has 8 unspecified atom stereocenters. The number of hydrogen-bond acceptors (Lipinski definition) is 10. The van der Waals surface area contributed by atoms with E-state index in [-0.39, 0.29) is 25.0 Å². The van der Waals surface area contributed by atoms with Crippen LogP contribution in [0.2, 0.25) is 0 Å². The lowest BCUT2D eigenvalue weighted by Crippen LogP contribution is -2.69. The van der Waals surface area contributed by atoms with Gasteiger partial charge in [-0.1, -0.05) is 25.0 Å². The molecule has 0 amide bonds. The molecular weight excluding hydrogens is 550 g/mol. The molecule has 6 N–H and O–H groups in total. The molecular formula is C30H39NO11. The molecule has 1 saturated carbocycles. The highest BCUT2D eigenvalue weighted by Crippen LogP contribution is 2.54. The molecule has 2 spiro atoms. The number of hydrogen-bond donors (Lipinski definition) is 6. The van der Waals surface area contributed by atoms with Crippen molar-refractivity contribution in [2.45, 2.75) is 74.8 Å². The van der Waals surface area contributed by atoms with E-state index in [4.69, 9.17) is 18.9 Å². The number of methoxy groups -OCH3 is 1. The Kier molecular flexibility index (Phi) is 8.66. The van der Waals surface area contributed by atoms with Gasteiger partial charge in [0.15, 0.2) is 11.9 Å². The van der Waals surface area contributed by atoms with Crippen LogP contribution in [0.5, 0.6) is 0 Å². The first kappa shape index (κ1) is 30.5. The zero-order valence-corrected chi connectivity index (χ0v) is 23.5. The first-order valence-corrected chi connectivity index (χ1v) is 14.3. The number of rotatable bonds is 9. The van der Waals surface area contributed by atoms with Crippen LogP contribution >= 0.6 is 0 Å². The number of carbonyl (C=O) groups is 2. The minimum atomic E-state index is -1.69. The molecule has 230 valence electrons. The van der Waals surface area contributed by atoms with Gasteiger partial charge < -0.3 is 49.5 Å². The molecule has 12 nitrogen and oxygen atoms in total. The Labute approximate surface area is 242 Å². The first-order chi connectivity index (χ1) is 20.1. The van der Waals surface area contributed by atoms with Crippen molar-refractivity contribution in [2.24, 2.45) is 17.3 Å². The third-order valence-corrected chi connectivity index (χ3v) is 9.24. The van der Waals surface area contributed by atoms with E-state index >= 15 is 0 Å². The summed E-state index contributed by atoms with van der Waals surface area (Å²) in [5.74, 6) is -2.87. The second-order valence-corrected chi connectivity index (χ2v) is 11.5. The molecule has 1 aromatic heterocycles. The van der Waals surface area contributed by atoms with E-state index in [0.29, 0.717) is 29.2 Å². The first-order valence-electron chi connectivity index (χ1n) is 14.3. The maximum Gasteiger partial charge on any atom is 0.333 e. The number of carbonyl (C=O) groups excluding carboxylic acids is 1. The van der Waals surface area contributed by atoms with E-state index < -0.39 is 72.1 Å². The molecule has 3 heterocycles. The smallest absolute Gasteiger partial charge is 0.333 e. The molecule has 2 aliphatic carbocycles. The number of ether oxygens (including phenoxy) is 4. The van der Waals surface area contributed by atoms with Crippen molar-refractivity contribution in [3.63, 3.8) is 0 Å². The average Bonchev–Trinajstić information content (AvgIpc) is 3.65. The fraction of sp³-hybridized carbons (Fsp3) is 0.600. The van der Waals surface area contributed by atoms with Gasteiger partial charge in [-0.2, -0.15) is 0 Å². The van der Waals surface area contributed by atoms with Crippen molar-refractivity contribution < 1.29 is 54.1 Å². The molecule has 2 fully saturated rings.